The van der Waals surface area contributed by atoms with Crippen LogP contribution < -0.4 is 16.5 Å². The molecule has 0 saturated carbocycles. The van der Waals surface area contributed by atoms with Crippen molar-refractivity contribution in [2.45, 2.75) is 33.6 Å². The summed E-state index contributed by atoms with van der Waals surface area (Å²) in [6.45, 7) is 5.94. The van der Waals surface area contributed by atoms with Gasteiger partial charge in [-0.15, -0.1) is 0 Å². The van der Waals surface area contributed by atoms with E-state index < -0.39 is 6.03 Å². The molecule has 0 bridgehead atoms. The lowest BCUT2D eigenvalue weighted by atomic mass is 9.75. The van der Waals surface area contributed by atoms with Gasteiger partial charge in [0.1, 0.15) is 5.76 Å². The molecule has 0 radical (unpaired) electrons. The molecular formula is C19H21ClN4O3. The monoisotopic (exact) mass is 388 g/mol. The van der Waals surface area contributed by atoms with Gasteiger partial charge in [-0.3, -0.25) is 4.79 Å². The molecule has 1 heterocycles. The van der Waals surface area contributed by atoms with Crippen molar-refractivity contribution in [2.24, 2.45) is 16.3 Å². The molecule has 0 saturated heterocycles. The Labute approximate surface area is 161 Å². The highest BCUT2D eigenvalue weighted by molar-refractivity contribution is 6.31. The SMILES string of the molecule is Cc1c(C(=O)Nc2cccc(Cl)c2)oc2c1/C(=N\NC(N)=O)CC(C)(C)C2. The first kappa shape index (κ1) is 19.0. The zero-order valence-electron chi connectivity index (χ0n) is 15.4. The predicted molar refractivity (Wildman–Crippen MR) is 104 cm³/mol. The van der Waals surface area contributed by atoms with Crippen LogP contribution in [0.1, 0.15) is 47.7 Å². The Morgan fingerprint density at radius 2 is 2.04 bits per heavy atom. The van der Waals surface area contributed by atoms with Crippen LogP contribution in [0.15, 0.2) is 33.8 Å². The Bertz CT molecular complexity index is 946. The fourth-order valence-electron chi connectivity index (χ4n) is 3.30. The summed E-state index contributed by atoms with van der Waals surface area (Å²) < 4.78 is 5.90. The van der Waals surface area contributed by atoms with Crippen molar-refractivity contribution < 1.29 is 14.0 Å². The number of nitrogens with zero attached hydrogens (tertiary/aromatic N) is 1. The molecular weight excluding hydrogens is 368 g/mol. The van der Waals surface area contributed by atoms with Gasteiger partial charge in [0, 0.05) is 28.3 Å². The van der Waals surface area contributed by atoms with E-state index in [1.807, 2.05) is 0 Å². The van der Waals surface area contributed by atoms with Gasteiger partial charge in [0.25, 0.3) is 5.91 Å². The summed E-state index contributed by atoms with van der Waals surface area (Å²) in [5.74, 6) is 0.513. The van der Waals surface area contributed by atoms with E-state index in [2.05, 4.69) is 29.7 Å². The lowest BCUT2D eigenvalue weighted by molar-refractivity contribution is 0.0993. The average Bonchev–Trinajstić information content (AvgIpc) is 2.88. The summed E-state index contributed by atoms with van der Waals surface area (Å²) in [4.78, 5) is 23.8. The minimum absolute atomic E-state index is 0.129. The molecule has 142 valence electrons. The van der Waals surface area contributed by atoms with Crippen LogP contribution in [-0.4, -0.2) is 17.6 Å². The van der Waals surface area contributed by atoms with Crippen molar-refractivity contribution in [3.8, 4) is 0 Å². The third-order valence-corrected chi connectivity index (χ3v) is 4.62. The van der Waals surface area contributed by atoms with E-state index in [4.69, 9.17) is 21.8 Å². The molecule has 0 aliphatic heterocycles. The van der Waals surface area contributed by atoms with Crippen LogP contribution in [-0.2, 0) is 6.42 Å². The van der Waals surface area contributed by atoms with Gasteiger partial charge in [-0.1, -0.05) is 31.5 Å². The van der Waals surface area contributed by atoms with E-state index in [-0.39, 0.29) is 17.1 Å². The maximum atomic E-state index is 12.7. The summed E-state index contributed by atoms with van der Waals surface area (Å²) in [5, 5.41) is 7.44. The average molecular weight is 389 g/mol. The number of carbonyl (C=O) groups is 2. The number of nitrogens with one attached hydrogen (secondary N) is 2. The van der Waals surface area contributed by atoms with Gasteiger partial charge in [0.05, 0.1) is 5.71 Å². The topological polar surface area (TPSA) is 110 Å². The number of halogens is 1. The van der Waals surface area contributed by atoms with Crippen molar-refractivity contribution >= 4 is 34.9 Å². The first-order chi connectivity index (χ1) is 12.7. The maximum Gasteiger partial charge on any atom is 0.332 e. The number of furan rings is 1. The Morgan fingerprint density at radius 3 is 2.70 bits per heavy atom. The standard InChI is InChI=1S/C19H21ClN4O3/c1-10-15-13(23-24-18(21)26)8-19(2,3)9-14(15)27-16(10)17(25)22-12-6-4-5-11(20)7-12/h4-7H,8-9H2,1-3H3,(H,22,25)(H3,21,24,26)/b23-13-. The van der Waals surface area contributed by atoms with Gasteiger partial charge in [0.15, 0.2) is 5.76 Å². The number of anilines is 1. The van der Waals surface area contributed by atoms with Crippen molar-refractivity contribution in [1.82, 2.24) is 5.43 Å². The highest BCUT2D eigenvalue weighted by Crippen LogP contribution is 2.39. The number of urea groups is 1. The van der Waals surface area contributed by atoms with E-state index in [1.165, 1.54) is 0 Å². The number of amides is 3. The largest absolute Gasteiger partial charge is 0.455 e. The summed E-state index contributed by atoms with van der Waals surface area (Å²) in [6, 6.07) is 6.14. The molecule has 3 amide bonds. The van der Waals surface area contributed by atoms with E-state index in [1.54, 1.807) is 31.2 Å². The van der Waals surface area contributed by atoms with Crippen LogP contribution in [0.25, 0.3) is 0 Å². The molecule has 1 aromatic carbocycles. The number of rotatable bonds is 3. The lowest BCUT2D eigenvalue weighted by Crippen LogP contribution is -2.31. The number of benzene rings is 1. The summed E-state index contributed by atoms with van der Waals surface area (Å²) in [5.41, 5.74) is 9.92. The third kappa shape index (κ3) is 4.14. The second-order valence-electron chi connectivity index (χ2n) is 7.37. The van der Waals surface area contributed by atoms with Gasteiger partial charge in [-0.25, -0.2) is 10.2 Å². The van der Waals surface area contributed by atoms with Crippen molar-refractivity contribution in [3.63, 3.8) is 0 Å². The fraction of sp³-hybridized carbons (Fsp3) is 0.316. The van der Waals surface area contributed by atoms with Crippen LogP contribution in [0.4, 0.5) is 10.5 Å². The van der Waals surface area contributed by atoms with Gasteiger partial charge in [-0.2, -0.15) is 5.10 Å². The number of hydrazone groups is 1. The Kier molecular flexibility index (Phi) is 4.97. The molecule has 1 aliphatic carbocycles. The number of hydrogen-bond acceptors (Lipinski definition) is 4. The van der Waals surface area contributed by atoms with E-state index in [0.29, 0.717) is 40.6 Å². The molecule has 0 spiro atoms. The summed E-state index contributed by atoms with van der Waals surface area (Å²) in [7, 11) is 0. The highest BCUT2D eigenvalue weighted by atomic mass is 35.5. The number of fused-ring (bicyclic) bond motifs is 1. The van der Waals surface area contributed by atoms with Gasteiger partial charge >= 0.3 is 6.03 Å². The minimum Gasteiger partial charge on any atom is -0.455 e. The Hall–Kier alpha value is -2.80. The van der Waals surface area contributed by atoms with Crippen molar-refractivity contribution in [1.29, 1.82) is 0 Å². The van der Waals surface area contributed by atoms with E-state index in [0.717, 1.165) is 5.56 Å². The van der Waals surface area contributed by atoms with Gasteiger partial charge in [-0.05, 0) is 37.0 Å². The van der Waals surface area contributed by atoms with Crippen LogP contribution in [0.2, 0.25) is 5.02 Å². The molecule has 8 heteroatoms. The van der Waals surface area contributed by atoms with Crippen LogP contribution in [0, 0.1) is 12.3 Å². The second-order valence-corrected chi connectivity index (χ2v) is 7.81. The molecule has 0 atom stereocenters. The normalized spacial score (nSPS) is 16.7. The molecule has 7 nitrogen and oxygen atoms in total. The van der Waals surface area contributed by atoms with E-state index >= 15 is 0 Å². The summed E-state index contributed by atoms with van der Waals surface area (Å²) in [6.07, 6.45) is 1.28. The van der Waals surface area contributed by atoms with Crippen molar-refractivity contribution in [3.05, 3.63) is 51.9 Å². The Balaban J connectivity index is 1.97. The first-order valence-electron chi connectivity index (χ1n) is 8.48. The number of hydrogen-bond donors (Lipinski definition) is 3. The Morgan fingerprint density at radius 1 is 1.30 bits per heavy atom. The van der Waals surface area contributed by atoms with Crippen LogP contribution in [0.3, 0.4) is 0 Å². The number of carbonyl (C=O) groups excluding carboxylic acids is 2. The van der Waals surface area contributed by atoms with Gasteiger partial charge in [0.2, 0.25) is 0 Å². The van der Waals surface area contributed by atoms with Crippen molar-refractivity contribution in [2.75, 3.05) is 5.32 Å². The molecule has 27 heavy (non-hydrogen) atoms. The van der Waals surface area contributed by atoms with Crippen LogP contribution >= 0.6 is 11.6 Å². The number of primary amides is 1. The lowest BCUT2D eigenvalue weighted by Gasteiger charge is -2.29. The fourth-order valence-corrected chi connectivity index (χ4v) is 3.49. The third-order valence-electron chi connectivity index (χ3n) is 4.38. The second kappa shape index (κ2) is 7.08. The molecule has 4 N–H and O–H groups in total. The quantitative estimate of drug-likeness (QED) is 0.694. The highest BCUT2D eigenvalue weighted by Gasteiger charge is 2.36. The number of nitrogens with two attached hydrogens (primary N) is 1. The maximum absolute atomic E-state index is 12.7. The van der Waals surface area contributed by atoms with E-state index in [9.17, 15) is 9.59 Å². The molecule has 2 aromatic rings. The smallest absolute Gasteiger partial charge is 0.332 e. The molecule has 0 unspecified atom stereocenters. The molecule has 3 rings (SSSR count). The molecule has 1 aliphatic rings. The van der Waals surface area contributed by atoms with Gasteiger partial charge < -0.3 is 15.5 Å². The summed E-state index contributed by atoms with van der Waals surface area (Å²) >= 11 is 5.96. The predicted octanol–water partition coefficient (Wildman–Crippen LogP) is 3.84. The molecule has 1 aromatic heterocycles. The first-order valence-corrected chi connectivity index (χ1v) is 8.85. The minimum atomic E-state index is -0.743. The zero-order valence-corrected chi connectivity index (χ0v) is 16.1. The zero-order chi connectivity index (χ0) is 19.8. The van der Waals surface area contributed by atoms with Crippen LogP contribution in [0.5, 0.6) is 0 Å². The molecule has 0 fully saturated rings.